The normalized spacial score (nSPS) is 12.9. The Morgan fingerprint density at radius 2 is 1.90 bits per heavy atom. The van der Waals surface area contributed by atoms with Crippen molar-refractivity contribution >= 4 is 11.3 Å². The molecule has 0 spiro atoms. The van der Waals surface area contributed by atoms with E-state index in [1.54, 1.807) is 17.4 Å². The monoisotopic (exact) mass is 291 g/mol. The van der Waals surface area contributed by atoms with Crippen LogP contribution in [0.5, 0.6) is 17.2 Å². The third-order valence-electron chi connectivity index (χ3n) is 3.41. The van der Waals surface area contributed by atoms with Crippen LogP contribution in [-0.2, 0) is 13.1 Å². The largest absolute Gasteiger partial charge is 0.507 e. The molecule has 1 aromatic carbocycles. The summed E-state index contributed by atoms with van der Waals surface area (Å²) in [6.45, 7) is 5.87. The molecule has 0 saturated heterocycles. The summed E-state index contributed by atoms with van der Waals surface area (Å²) in [5, 5.41) is 13.3. The van der Waals surface area contributed by atoms with Gasteiger partial charge in [-0.1, -0.05) is 0 Å². The molecule has 2 N–H and O–H groups in total. The standard InChI is InChI=1S/C15H17NO3S/c1-9-3-12(20-10(9)2)7-16-6-11-4-14-15(5-13(11)17)19-8-18-14/h3-5,16-17H,6-8H2,1-2H3. The maximum atomic E-state index is 9.95. The van der Waals surface area contributed by atoms with Crippen LogP contribution in [-0.4, -0.2) is 11.9 Å². The predicted octanol–water partition coefficient (Wildman–Crippen LogP) is 3.09. The number of aryl methyl sites for hydroxylation is 2. The molecular weight excluding hydrogens is 274 g/mol. The molecule has 0 saturated carbocycles. The molecule has 0 bridgehead atoms. The Hall–Kier alpha value is -1.72. The molecule has 1 aliphatic rings. The first-order valence-electron chi connectivity index (χ1n) is 6.51. The number of phenolic OH excluding ortho intramolecular Hbond substituents is 1. The van der Waals surface area contributed by atoms with E-state index in [2.05, 4.69) is 25.2 Å². The second kappa shape index (κ2) is 5.34. The van der Waals surface area contributed by atoms with E-state index in [4.69, 9.17) is 9.47 Å². The molecule has 0 fully saturated rings. The van der Waals surface area contributed by atoms with E-state index in [9.17, 15) is 5.11 Å². The second-order valence-corrected chi connectivity index (χ2v) is 6.23. The van der Waals surface area contributed by atoms with Crippen molar-refractivity contribution in [2.75, 3.05) is 6.79 Å². The molecule has 0 unspecified atom stereocenters. The van der Waals surface area contributed by atoms with Crippen LogP contribution in [0.1, 0.15) is 20.9 Å². The third kappa shape index (κ3) is 2.59. The highest BCUT2D eigenvalue weighted by molar-refractivity contribution is 7.12. The second-order valence-electron chi connectivity index (χ2n) is 4.89. The van der Waals surface area contributed by atoms with E-state index in [0.29, 0.717) is 18.0 Å². The number of hydrogen-bond donors (Lipinski definition) is 2. The van der Waals surface area contributed by atoms with Crippen LogP contribution < -0.4 is 14.8 Å². The highest BCUT2D eigenvalue weighted by Crippen LogP contribution is 2.37. The minimum atomic E-state index is 0.222. The van der Waals surface area contributed by atoms with Crippen LogP contribution in [0.15, 0.2) is 18.2 Å². The number of rotatable bonds is 4. The molecule has 5 heteroatoms. The van der Waals surface area contributed by atoms with Crippen LogP contribution in [0.4, 0.5) is 0 Å². The fourth-order valence-electron chi connectivity index (χ4n) is 2.17. The van der Waals surface area contributed by atoms with Gasteiger partial charge in [0.05, 0.1) is 0 Å². The Labute approximate surface area is 122 Å². The summed E-state index contributed by atoms with van der Waals surface area (Å²) in [5.41, 5.74) is 2.15. The summed E-state index contributed by atoms with van der Waals surface area (Å²) in [6.07, 6.45) is 0. The van der Waals surface area contributed by atoms with E-state index in [1.807, 2.05) is 6.07 Å². The van der Waals surface area contributed by atoms with Crippen LogP contribution in [0.25, 0.3) is 0 Å². The van der Waals surface area contributed by atoms with Crippen molar-refractivity contribution in [1.82, 2.24) is 5.32 Å². The van der Waals surface area contributed by atoms with Crippen molar-refractivity contribution in [1.29, 1.82) is 0 Å². The fraction of sp³-hybridized carbons (Fsp3) is 0.333. The molecule has 3 rings (SSSR count). The molecule has 106 valence electrons. The fourth-order valence-corrected chi connectivity index (χ4v) is 3.20. The smallest absolute Gasteiger partial charge is 0.231 e. The molecule has 0 radical (unpaired) electrons. The number of aromatic hydroxyl groups is 1. The summed E-state index contributed by atoms with van der Waals surface area (Å²) in [7, 11) is 0. The van der Waals surface area contributed by atoms with Crippen molar-refractivity contribution < 1.29 is 14.6 Å². The first-order chi connectivity index (χ1) is 9.63. The molecular formula is C15H17NO3S. The van der Waals surface area contributed by atoms with E-state index in [1.165, 1.54) is 15.3 Å². The van der Waals surface area contributed by atoms with Crippen LogP contribution in [0.3, 0.4) is 0 Å². The lowest BCUT2D eigenvalue weighted by molar-refractivity contribution is 0.174. The van der Waals surface area contributed by atoms with Crippen molar-refractivity contribution in [2.24, 2.45) is 0 Å². The van der Waals surface area contributed by atoms with Gasteiger partial charge in [0.2, 0.25) is 6.79 Å². The zero-order valence-electron chi connectivity index (χ0n) is 11.5. The van der Waals surface area contributed by atoms with Gasteiger partial charge in [-0.2, -0.15) is 0 Å². The highest BCUT2D eigenvalue weighted by Gasteiger charge is 2.16. The summed E-state index contributed by atoms with van der Waals surface area (Å²) in [6, 6.07) is 5.64. The van der Waals surface area contributed by atoms with Gasteiger partial charge in [0, 0.05) is 34.5 Å². The number of benzene rings is 1. The topological polar surface area (TPSA) is 50.7 Å². The lowest BCUT2D eigenvalue weighted by Crippen LogP contribution is -2.11. The molecule has 0 atom stereocenters. The molecule has 2 aromatic rings. The van der Waals surface area contributed by atoms with E-state index >= 15 is 0 Å². The molecule has 2 heterocycles. The lowest BCUT2D eigenvalue weighted by Gasteiger charge is -2.07. The van der Waals surface area contributed by atoms with Crippen molar-refractivity contribution in [3.63, 3.8) is 0 Å². The molecule has 1 aliphatic heterocycles. The quantitative estimate of drug-likeness (QED) is 0.909. The number of phenols is 1. The van der Waals surface area contributed by atoms with Crippen molar-refractivity contribution in [3.05, 3.63) is 39.1 Å². The van der Waals surface area contributed by atoms with Gasteiger partial charge in [0.1, 0.15) is 5.75 Å². The van der Waals surface area contributed by atoms with Crippen LogP contribution in [0.2, 0.25) is 0 Å². The Balaban J connectivity index is 1.64. The van der Waals surface area contributed by atoms with Gasteiger partial charge < -0.3 is 19.9 Å². The van der Waals surface area contributed by atoms with Gasteiger partial charge in [0.15, 0.2) is 11.5 Å². The van der Waals surface area contributed by atoms with E-state index < -0.39 is 0 Å². The van der Waals surface area contributed by atoms with Gasteiger partial charge >= 0.3 is 0 Å². The third-order valence-corrected chi connectivity index (χ3v) is 4.56. The summed E-state index contributed by atoms with van der Waals surface area (Å²) in [5.74, 6) is 1.54. The van der Waals surface area contributed by atoms with Crippen LogP contribution >= 0.6 is 11.3 Å². The van der Waals surface area contributed by atoms with Gasteiger partial charge in [-0.15, -0.1) is 11.3 Å². The predicted molar refractivity (Wildman–Crippen MR) is 78.6 cm³/mol. The van der Waals surface area contributed by atoms with Gasteiger partial charge in [-0.25, -0.2) is 0 Å². The number of ether oxygens (including phenoxy) is 2. The zero-order valence-corrected chi connectivity index (χ0v) is 12.3. The molecule has 4 nitrogen and oxygen atoms in total. The average Bonchev–Trinajstić information content (AvgIpc) is 2.97. The number of hydrogen-bond acceptors (Lipinski definition) is 5. The van der Waals surface area contributed by atoms with Crippen molar-refractivity contribution in [3.8, 4) is 17.2 Å². The van der Waals surface area contributed by atoms with Crippen molar-refractivity contribution in [2.45, 2.75) is 26.9 Å². The SMILES string of the molecule is Cc1cc(CNCc2cc3c(cc2O)OCO3)sc1C. The lowest BCUT2D eigenvalue weighted by atomic mass is 10.1. The van der Waals surface area contributed by atoms with Crippen LogP contribution in [0, 0.1) is 13.8 Å². The Morgan fingerprint density at radius 3 is 2.60 bits per heavy atom. The van der Waals surface area contributed by atoms with E-state index in [-0.39, 0.29) is 12.5 Å². The van der Waals surface area contributed by atoms with Gasteiger partial charge in [0.25, 0.3) is 0 Å². The minimum Gasteiger partial charge on any atom is -0.507 e. The van der Waals surface area contributed by atoms with Gasteiger partial charge in [-0.05, 0) is 31.5 Å². The molecule has 0 aliphatic carbocycles. The maximum Gasteiger partial charge on any atom is 0.231 e. The summed E-state index contributed by atoms with van der Waals surface area (Å²) < 4.78 is 10.5. The Bertz CT molecular complexity index is 617. The minimum absolute atomic E-state index is 0.222. The molecule has 1 aromatic heterocycles. The summed E-state index contributed by atoms with van der Waals surface area (Å²) in [4.78, 5) is 2.66. The Kier molecular flexibility index (Phi) is 3.54. The first kappa shape index (κ1) is 13.3. The Morgan fingerprint density at radius 1 is 1.15 bits per heavy atom. The highest BCUT2D eigenvalue weighted by atomic mass is 32.1. The summed E-state index contributed by atoms with van der Waals surface area (Å²) >= 11 is 1.80. The number of thiophene rings is 1. The number of nitrogens with one attached hydrogen (secondary N) is 1. The van der Waals surface area contributed by atoms with E-state index in [0.717, 1.165) is 12.1 Å². The molecule has 20 heavy (non-hydrogen) atoms. The maximum absolute atomic E-state index is 9.95. The first-order valence-corrected chi connectivity index (χ1v) is 7.33. The average molecular weight is 291 g/mol. The van der Waals surface area contributed by atoms with Gasteiger partial charge in [-0.3, -0.25) is 0 Å². The number of fused-ring (bicyclic) bond motifs is 1. The molecule has 0 amide bonds. The zero-order chi connectivity index (χ0) is 14.1.